The van der Waals surface area contributed by atoms with Crippen molar-refractivity contribution >= 4 is 16.8 Å². The first kappa shape index (κ1) is 13.6. The van der Waals surface area contributed by atoms with Crippen LogP contribution in [-0.4, -0.2) is 22.0 Å². The number of nitrogens with one attached hydrogen (secondary N) is 2. The van der Waals surface area contributed by atoms with E-state index in [2.05, 4.69) is 16.2 Å². The monoisotopic (exact) mass is 271 g/mol. The SMILES string of the molecule is C#CCNC(=O)CCn1c(=O)[nH]c(=O)c2ccccc21. The molecular formula is C14H13N3O3. The minimum absolute atomic E-state index is 0.109. The minimum Gasteiger partial charge on any atom is -0.345 e. The molecule has 0 atom stereocenters. The first-order valence-corrected chi connectivity index (χ1v) is 6.05. The summed E-state index contributed by atoms with van der Waals surface area (Å²) in [5.74, 6) is 2.05. The Balaban J connectivity index is 2.31. The van der Waals surface area contributed by atoms with Crippen molar-refractivity contribution in [3.63, 3.8) is 0 Å². The number of carbonyl (C=O) groups excluding carboxylic acids is 1. The lowest BCUT2D eigenvalue weighted by Gasteiger charge is -2.08. The Morgan fingerprint density at radius 3 is 2.85 bits per heavy atom. The third-order valence-corrected chi connectivity index (χ3v) is 2.86. The Hall–Kier alpha value is -2.81. The van der Waals surface area contributed by atoms with Crippen LogP contribution < -0.4 is 16.6 Å². The fraction of sp³-hybridized carbons (Fsp3) is 0.214. The number of aromatic nitrogens is 2. The number of rotatable bonds is 4. The Morgan fingerprint density at radius 1 is 1.35 bits per heavy atom. The van der Waals surface area contributed by atoms with E-state index in [9.17, 15) is 14.4 Å². The predicted molar refractivity (Wildman–Crippen MR) is 75.3 cm³/mol. The molecule has 0 aliphatic carbocycles. The number of aromatic amines is 1. The first-order valence-electron chi connectivity index (χ1n) is 6.05. The van der Waals surface area contributed by atoms with Crippen LogP contribution in [0.15, 0.2) is 33.9 Å². The highest BCUT2D eigenvalue weighted by Gasteiger charge is 2.08. The van der Waals surface area contributed by atoms with Crippen LogP contribution in [-0.2, 0) is 11.3 Å². The van der Waals surface area contributed by atoms with Gasteiger partial charge in [-0.2, -0.15) is 0 Å². The van der Waals surface area contributed by atoms with Gasteiger partial charge in [-0.15, -0.1) is 6.42 Å². The van der Waals surface area contributed by atoms with Crippen molar-refractivity contribution in [2.45, 2.75) is 13.0 Å². The minimum atomic E-state index is -0.529. The van der Waals surface area contributed by atoms with Gasteiger partial charge in [0.05, 0.1) is 17.4 Å². The number of amides is 1. The number of fused-ring (bicyclic) bond motifs is 1. The summed E-state index contributed by atoms with van der Waals surface area (Å²) in [6.07, 6.45) is 5.15. The van der Waals surface area contributed by atoms with E-state index in [4.69, 9.17) is 6.42 Å². The maximum absolute atomic E-state index is 11.8. The Kier molecular flexibility index (Phi) is 4.01. The molecule has 0 bridgehead atoms. The Bertz CT molecular complexity index is 796. The molecule has 102 valence electrons. The third kappa shape index (κ3) is 2.78. The van der Waals surface area contributed by atoms with Gasteiger partial charge in [-0.1, -0.05) is 18.1 Å². The maximum atomic E-state index is 11.8. The summed E-state index contributed by atoms with van der Waals surface area (Å²) < 4.78 is 1.37. The summed E-state index contributed by atoms with van der Waals surface area (Å²) >= 11 is 0. The number of carbonyl (C=O) groups is 1. The number of nitrogens with zero attached hydrogens (tertiary/aromatic N) is 1. The van der Waals surface area contributed by atoms with Gasteiger partial charge < -0.3 is 5.32 Å². The number of benzene rings is 1. The molecule has 0 spiro atoms. The van der Waals surface area contributed by atoms with Gasteiger partial charge in [0, 0.05) is 13.0 Å². The molecule has 1 amide bonds. The van der Waals surface area contributed by atoms with Crippen LogP contribution in [0.4, 0.5) is 0 Å². The summed E-state index contributed by atoms with van der Waals surface area (Å²) in [5, 5.41) is 2.93. The number of terminal acetylenes is 1. The summed E-state index contributed by atoms with van der Waals surface area (Å²) in [6, 6.07) is 6.75. The average Bonchev–Trinajstić information content (AvgIpc) is 2.45. The second kappa shape index (κ2) is 5.89. The zero-order chi connectivity index (χ0) is 14.5. The third-order valence-electron chi connectivity index (χ3n) is 2.86. The normalized spacial score (nSPS) is 10.2. The number of para-hydroxylation sites is 1. The average molecular weight is 271 g/mol. The summed E-state index contributed by atoms with van der Waals surface area (Å²) in [5.41, 5.74) is -0.455. The lowest BCUT2D eigenvalue weighted by atomic mass is 10.2. The molecule has 20 heavy (non-hydrogen) atoms. The van der Waals surface area contributed by atoms with Crippen LogP contribution in [0.3, 0.4) is 0 Å². The molecule has 2 N–H and O–H groups in total. The standard InChI is InChI=1S/C14H13N3O3/c1-2-8-15-12(18)7-9-17-11-6-4-3-5-10(11)13(19)16-14(17)20/h1,3-6H,7-9H2,(H,15,18)(H,16,19,20). The molecule has 6 heteroatoms. The topological polar surface area (TPSA) is 84.0 Å². The van der Waals surface area contributed by atoms with Crippen molar-refractivity contribution in [1.29, 1.82) is 0 Å². The summed E-state index contributed by atoms with van der Waals surface area (Å²) in [7, 11) is 0. The molecule has 0 unspecified atom stereocenters. The molecule has 0 saturated carbocycles. The van der Waals surface area contributed by atoms with Gasteiger partial charge in [-0.3, -0.25) is 19.1 Å². The molecule has 0 fully saturated rings. The number of aryl methyl sites for hydroxylation is 1. The van der Waals surface area contributed by atoms with E-state index in [-0.39, 0.29) is 25.4 Å². The molecule has 1 heterocycles. The van der Waals surface area contributed by atoms with Gasteiger partial charge in [0.25, 0.3) is 5.56 Å². The Labute approximate surface area is 114 Å². The van der Waals surface area contributed by atoms with E-state index < -0.39 is 11.2 Å². The second-order valence-corrected chi connectivity index (χ2v) is 4.16. The maximum Gasteiger partial charge on any atom is 0.328 e. The zero-order valence-electron chi connectivity index (χ0n) is 10.7. The summed E-state index contributed by atoms with van der Waals surface area (Å²) in [6.45, 7) is 0.326. The van der Waals surface area contributed by atoms with E-state index in [0.717, 1.165) is 0 Å². The second-order valence-electron chi connectivity index (χ2n) is 4.16. The Morgan fingerprint density at radius 2 is 2.10 bits per heavy atom. The highest BCUT2D eigenvalue weighted by atomic mass is 16.2. The van der Waals surface area contributed by atoms with Crippen molar-refractivity contribution in [3.8, 4) is 12.3 Å². The molecule has 2 aromatic rings. The van der Waals surface area contributed by atoms with Crippen LogP contribution >= 0.6 is 0 Å². The van der Waals surface area contributed by atoms with Crippen LogP contribution in [0.2, 0.25) is 0 Å². The smallest absolute Gasteiger partial charge is 0.328 e. The highest BCUT2D eigenvalue weighted by Crippen LogP contribution is 2.06. The lowest BCUT2D eigenvalue weighted by molar-refractivity contribution is -0.121. The quantitative estimate of drug-likeness (QED) is 0.757. The zero-order valence-corrected chi connectivity index (χ0v) is 10.7. The number of hydrogen-bond donors (Lipinski definition) is 2. The van der Waals surface area contributed by atoms with Crippen LogP contribution in [0.1, 0.15) is 6.42 Å². The van der Waals surface area contributed by atoms with Gasteiger partial charge in [0.15, 0.2) is 0 Å². The summed E-state index contributed by atoms with van der Waals surface area (Å²) in [4.78, 5) is 37.2. The molecule has 0 aliphatic rings. The van der Waals surface area contributed by atoms with Gasteiger partial charge in [-0.25, -0.2) is 4.79 Å². The molecule has 2 rings (SSSR count). The van der Waals surface area contributed by atoms with Crippen molar-refractivity contribution in [2.24, 2.45) is 0 Å². The molecule has 6 nitrogen and oxygen atoms in total. The fourth-order valence-corrected chi connectivity index (χ4v) is 1.92. The molecule has 1 aromatic heterocycles. The molecule has 0 saturated heterocycles. The first-order chi connectivity index (χ1) is 9.63. The van der Waals surface area contributed by atoms with Crippen molar-refractivity contribution < 1.29 is 4.79 Å². The van der Waals surface area contributed by atoms with Crippen LogP contribution in [0.25, 0.3) is 10.9 Å². The van der Waals surface area contributed by atoms with Gasteiger partial charge in [0.1, 0.15) is 0 Å². The largest absolute Gasteiger partial charge is 0.345 e. The van der Waals surface area contributed by atoms with Crippen LogP contribution in [0, 0.1) is 12.3 Å². The van der Waals surface area contributed by atoms with Gasteiger partial charge >= 0.3 is 5.69 Å². The van der Waals surface area contributed by atoms with E-state index in [1.165, 1.54) is 4.57 Å². The van der Waals surface area contributed by atoms with Crippen molar-refractivity contribution in [3.05, 3.63) is 45.1 Å². The highest BCUT2D eigenvalue weighted by molar-refractivity contribution is 5.78. The van der Waals surface area contributed by atoms with E-state index in [1.54, 1.807) is 24.3 Å². The van der Waals surface area contributed by atoms with Gasteiger partial charge in [-0.05, 0) is 12.1 Å². The van der Waals surface area contributed by atoms with Crippen molar-refractivity contribution in [2.75, 3.05) is 6.54 Å². The number of hydrogen-bond acceptors (Lipinski definition) is 3. The number of H-pyrrole nitrogens is 1. The predicted octanol–water partition coefficient (Wildman–Crippen LogP) is -0.171. The van der Waals surface area contributed by atoms with E-state index >= 15 is 0 Å². The molecule has 1 aromatic carbocycles. The van der Waals surface area contributed by atoms with Crippen LogP contribution in [0.5, 0.6) is 0 Å². The lowest BCUT2D eigenvalue weighted by Crippen LogP contribution is -2.32. The molecule has 0 radical (unpaired) electrons. The fourth-order valence-electron chi connectivity index (χ4n) is 1.92. The molecular weight excluding hydrogens is 258 g/mol. The van der Waals surface area contributed by atoms with Crippen molar-refractivity contribution in [1.82, 2.24) is 14.9 Å². The van der Waals surface area contributed by atoms with E-state index in [0.29, 0.717) is 10.9 Å². The van der Waals surface area contributed by atoms with Gasteiger partial charge in [0.2, 0.25) is 5.91 Å². The molecule has 0 aliphatic heterocycles. The van der Waals surface area contributed by atoms with E-state index in [1.807, 2.05) is 0 Å².